The van der Waals surface area contributed by atoms with E-state index in [0.29, 0.717) is 17.8 Å². The highest BCUT2D eigenvalue weighted by molar-refractivity contribution is 5.16. The topological polar surface area (TPSA) is 120 Å². The van der Waals surface area contributed by atoms with Crippen LogP contribution in [-0.2, 0) is 9.47 Å². The van der Waals surface area contributed by atoms with Crippen molar-refractivity contribution in [1.82, 2.24) is 0 Å². The molecule has 190 valence electrons. The molecule has 4 aliphatic carbocycles. The third-order valence-corrected chi connectivity index (χ3v) is 11.4. The van der Waals surface area contributed by atoms with Gasteiger partial charge in [0.15, 0.2) is 6.29 Å². The van der Waals surface area contributed by atoms with Crippen molar-refractivity contribution >= 4 is 0 Å². The lowest BCUT2D eigenvalue weighted by atomic mass is 9.43. The Hall–Kier alpha value is -0.280. The van der Waals surface area contributed by atoms with Gasteiger partial charge in [0.05, 0.1) is 17.8 Å². The van der Waals surface area contributed by atoms with E-state index in [1.54, 1.807) is 6.92 Å². The molecule has 5 fully saturated rings. The average Bonchev–Trinajstić information content (AvgIpc) is 3.06. The Morgan fingerprint density at radius 3 is 2.36 bits per heavy atom. The molecule has 0 radical (unpaired) electrons. The van der Waals surface area contributed by atoms with E-state index in [4.69, 9.17) is 9.47 Å². The van der Waals surface area contributed by atoms with Crippen LogP contribution in [0.1, 0.15) is 78.6 Å². The number of aliphatic hydroxyl groups is 5. The number of hydrogen-bond donors (Lipinski definition) is 5. The van der Waals surface area contributed by atoms with Gasteiger partial charge >= 0.3 is 0 Å². The summed E-state index contributed by atoms with van der Waals surface area (Å²) >= 11 is 0. The zero-order chi connectivity index (χ0) is 23.8. The van der Waals surface area contributed by atoms with Crippen LogP contribution in [0.4, 0.5) is 0 Å². The van der Waals surface area contributed by atoms with Gasteiger partial charge in [-0.1, -0.05) is 13.8 Å². The zero-order valence-corrected chi connectivity index (χ0v) is 20.4. The monoisotopic (exact) mass is 468 g/mol. The Morgan fingerprint density at radius 2 is 1.64 bits per heavy atom. The lowest BCUT2D eigenvalue weighted by Gasteiger charge is -2.63. The summed E-state index contributed by atoms with van der Waals surface area (Å²) in [7, 11) is 0. The fourth-order valence-corrected chi connectivity index (χ4v) is 9.03. The van der Waals surface area contributed by atoms with Gasteiger partial charge < -0.3 is 35.0 Å². The Labute approximate surface area is 197 Å². The molecule has 2 unspecified atom stereocenters. The van der Waals surface area contributed by atoms with Crippen LogP contribution in [0.2, 0.25) is 0 Å². The van der Waals surface area contributed by atoms with Gasteiger partial charge in [-0.25, -0.2) is 0 Å². The zero-order valence-electron chi connectivity index (χ0n) is 20.4. The second-order valence-corrected chi connectivity index (χ2v) is 12.5. The van der Waals surface area contributed by atoms with Gasteiger partial charge in [0.25, 0.3) is 0 Å². The molecule has 5 N–H and O–H groups in total. The smallest absolute Gasteiger partial charge is 0.186 e. The molecule has 0 spiro atoms. The molecule has 1 aliphatic heterocycles. The van der Waals surface area contributed by atoms with Crippen molar-refractivity contribution < 1.29 is 35.0 Å². The van der Waals surface area contributed by atoms with Crippen molar-refractivity contribution in [3.8, 4) is 0 Å². The van der Waals surface area contributed by atoms with E-state index in [2.05, 4.69) is 13.8 Å². The van der Waals surface area contributed by atoms with Crippen LogP contribution in [0.15, 0.2) is 0 Å². The lowest BCUT2D eigenvalue weighted by Crippen LogP contribution is -2.62. The molecule has 0 amide bonds. The summed E-state index contributed by atoms with van der Waals surface area (Å²) in [6.45, 7) is 6.50. The van der Waals surface area contributed by atoms with Crippen LogP contribution < -0.4 is 0 Å². The number of aliphatic hydroxyl groups excluding tert-OH is 4. The lowest BCUT2D eigenvalue weighted by molar-refractivity contribution is -0.310. The van der Waals surface area contributed by atoms with Gasteiger partial charge in [-0.05, 0) is 93.8 Å². The third kappa shape index (κ3) is 3.48. The van der Waals surface area contributed by atoms with Gasteiger partial charge in [0.2, 0.25) is 0 Å². The number of hydrogen-bond acceptors (Lipinski definition) is 7. The first kappa shape index (κ1) is 24.4. The Kier molecular flexibility index (Phi) is 6.21. The summed E-state index contributed by atoms with van der Waals surface area (Å²) in [5, 5.41) is 52.4. The van der Waals surface area contributed by atoms with Crippen molar-refractivity contribution in [1.29, 1.82) is 0 Å². The van der Waals surface area contributed by atoms with E-state index in [9.17, 15) is 25.5 Å². The molecule has 1 saturated heterocycles. The summed E-state index contributed by atoms with van der Waals surface area (Å²) in [6, 6.07) is 0. The molecule has 7 heteroatoms. The summed E-state index contributed by atoms with van der Waals surface area (Å²) in [5.41, 5.74) is -0.688. The van der Waals surface area contributed by atoms with Crippen LogP contribution in [0, 0.1) is 34.5 Å². The summed E-state index contributed by atoms with van der Waals surface area (Å²) in [5.74, 6) is 1.49. The number of fused-ring (bicyclic) bond motifs is 5. The summed E-state index contributed by atoms with van der Waals surface area (Å²) in [4.78, 5) is 0. The molecule has 13 atom stereocenters. The minimum absolute atomic E-state index is 0.0453. The first-order valence-corrected chi connectivity index (χ1v) is 13.2. The van der Waals surface area contributed by atoms with Gasteiger partial charge in [-0.2, -0.15) is 0 Å². The van der Waals surface area contributed by atoms with Crippen molar-refractivity contribution in [3.63, 3.8) is 0 Å². The minimum atomic E-state index is -1.27. The molecule has 0 bridgehead atoms. The van der Waals surface area contributed by atoms with Crippen LogP contribution in [0.5, 0.6) is 0 Å². The highest BCUT2D eigenvalue weighted by atomic mass is 16.7. The molecule has 7 nitrogen and oxygen atoms in total. The highest BCUT2D eigenvalue weighted by Gasteiger charge is 2.67. The molecule has 33 heavy (non-hydrogen) atoms. The Bertz CT molecular complexity index is 733. The van der Waals surface area contributed by atoms with Gasteiger partial charge in [-0.3, -0.25) is 0 Å². The molecule has 5 aliphatic rings. The van der Waals surface area contributed by atoms with Crippen molar-refractivity contribution in [3.05, 3.63) is 0 Å². The fourth-order valence-electron chi connectivity index (χ4n) is 9.03. The second kappa shape index (κ2) is 8.39. The van der Waals surface area contributed by atoms with Gasteiger partial charge in [0.1, 0.15) is 18.3 Å². The predicted octanol–water partition coefficient (Wildman–Crippen LogP) is 1.97. The van der Waals surface area contributed by atoms with Crippen LogP contribution in [0.3, 0.4) is 0 Å². The second-order valence-electron chi connectivity index (χ2n) is 12.5. The maximum Gasteiger partial charge on any atom is 0.186 e. The predicted molar refractivity (Wildman–Crippen MR) is 121 cm³/mol. The number of ether oxygens (including phenoxy) is 2. The maximum absolute atomic E-state index is 12.0. The Balaban J connectivity index is 1.28. The number of rotatable bonds is 3. The average molecular weight is 469 g/mol. The summed E-state index contributed by atoms with van der Waals surface area (Å²) < 4.78 is 11.9. The first-order valence-electron chi connectivity index (χ1n) is 13.2. The van der Waals surface area contributed by atoms with E-state index in [0.717, 1.165) is 57.8 Å². The SMILES string of the molecule is CC1O[C@@H](O[C@H]2CC[C@@]3(C)[C@H](CC[C@@H]4[C@@H]3CC[C@]3(C)[C@@H](CO)CC[C@]43O)C2)C(O)[C@@H](O)[C@H]1O. The van der Waals surface area contributed by atoms with Crippen molar-refractivity contribution in [2.45, 2.75) is 121 Å². The van der Waals surface area contributed by atoms with Crippen molar-refractivity contribution in [2.75, 3.05) is 6.61 Å². The van der Waals surface area contributed by atoms with Crippen LogP contribution in [-0.4, -0.2) is 74.6 Å². The Morgan fingerprint density at radius 1 is 0.879 bits per heavy atom. The quantitative estimate of drug-likeness (QED) is 0.402. The molecular formula is C26H44O7. The van der Waals surface area contributed by atoms with E-state index < -0.39 is 36.3 Å². The van der Waals surface area contributed by atoms with E-state index in [-0.39, 0.29) is 29.5 Å². The normalized spacial score (nSPS) is 58.9. The first-order chi connectivity index (χ1) is 15.5. The van der Waals surface area contributed by atoms with Crippen LogP contribution >= 0.6 is 0 Å². The maximum atomic E-state index is 12.0. The third-order valence-electron chi connectivity index (χ3n) is 11.4. The largest absolute Gasteiger partial charge is 0.396 e. The van der Waals surface area contributed by atoms with E-state index in [1.165, 1.54) is 0 Å². The van der Waals surface area contributed by atoms with E-state index in [1.807, 2.05) is 0 Å². The fraction of sp³-hybridized carbons (Fsp3) is 1.00. The molecule has 0 aromatic heterocycles. The minimum Gasteiger partial charge on any atom is -0.396 e. The van der Waals surface area contributed by atoms with Gasteiger partial charge in [0, 0.05) is 12.0 Å². The highest BCUT2D eigenvalue weighted by Crippen LogP contribution is 2.69. The van der Waals surface area contributed by atoms with Crippen molar-refractivity contribution in [2.24, 2.45) is 34.5 Å². The molecular weight excluding hydrogens is 424 g/mol. The molecule has 0 aromatic carbocycles. The molecule has 4 saturated carbocycles. The van der Waals surface area contributed by atoms with E-state index >= 15 is 0 Å². The standard InChI is InChI=1S/C26H44O7/c1-14-20(28)21(29)22(30)23(32-14)33-17-7-9-24(2)15(12-17)4-5-19-18(24)8-10-25(3)16(13-27)6-11-26(19,25)31/h14-23,27-31H,4-13H2,1-3H3/t14?,15-,16-,17+,18+,19-,20+,21+,22?,23+,24+,25-,26+/m1/s1. The molecule has 1 heterocycles. The molecule has 0 aromatic rings. The van der Waals surface area contributed by atoms with Crippen LogP contribution in [0.25, 0.3) is 0 Å². The van der Waals surface area contributed by atoms with Gasteiger partial charge in [-0.15, -0.1) is 0 Å². The summed E-state index contributed by atoms with van der Waals surface area (Å²) in [6.07, 6.45) is 3.49. The molecule has 5 rings (SSSR count).